The minimum atomic E-state index is -2.85. The molecule has 1 saturated heterocycles. The first-order valence-electron chi connectivity index (χ1n) is 6.44. The molecule has 2 atom stereocenters. The third-order valence-electron chi connectivity index (χ3n) is 3.63. The molecule has 1 aromatic carbocycles. The number of carbonyl (C=O) groups excluding carboxylic acids is 1. The first kappa shape index (κ1) is 15.2. The van der Waals surface area contributed by atoms with Crippen molar-refractivity contribution in [2.45, 2.75) is 26.0 Å². The Bertz CT molecular complexity index is 467. The van der Waals surface area contributed by atoms with Gasteiger partial charge in [-0.1, -0.05) is 22.9 Å². The minimum Gasteiger partial charge on any atom is -0.435 e. The summed E-state index contributed by atoms with van der Waals surface area (Å²) in [5.74, 6) is 0.450. The molecule has 0 N–H and O–H groups in total. The molecule has 1 aromatic rings. The van der Waals surface area contributed by atoms with Crippen LogP contribution in [0, 0.1) is 5.92 Å². The summed E-state index contributed by atoms with van der Waals surface area (Å²) in [5, 5.41) is 0.743. The van der Waals surface area contributed by atoms with Crippen LogP contribution in [-0.4, -0.2) is 35.3 Å². The zero-order chi connectivity index (χ0) is 14.7. The first-order valence-corrected chi connectivity index (χ1v) is 7.57. The number of alkyl halides is 3. The van der Waals surface area contributed by atoms with Gasteiger partial charge in [0.1, 0.15) is 5.75 Å². The highest BCUT2D eigenvalue weighted by atomic mass is 79.9. The number of hydrogen-bond acceptors (Lipinski definition) is 2. The van der Waals surface area contributed by atoms with Gasteiger partial charge >= 0.3 is 6.61 Å². The van der Waals surface area contributed by atoms with E-state index >= 15 is 0 Å². The van der Waals surface area contributed by atoms with Gasteiger partial charge in [-0.25, -0.2) is 0 Å². The molecule has 1 fully saturated rings. The van der Waals surface area contributed by atoms with Crippen LogP contribution in [0.3, 0.4) is 0 Å². The molecular formula is C14H16BrF2NO2. The molecule has 20 heavy (non-hydrogen) atoms. The summed E-state index contributed by atoms with van der Waals surface area (Å²) in [6.45, 7) is -0.00148. The van der Waals surface area contributed by atoms with Crippen LogP contribution in [0.25, 0.3) is 0 Å². The SMILES string of the molecule is CC1CCN(C(=O)c2ccc(OC(F)F)cc2)C1CBr. The maximum absolute atomic E-state index is 12.4. The van der Waals surface area contributed by atoms with Gasteiger partial charge in [-0.15, -0.1) is 0 Å². The van der Waals surface area contributed by atoms with E-state index in [1.54, 1.807) is 0 Å². The van der Waals surface area contributed by atoms with Gasteiger partial charge in [0, 0.05) is 23.5 Å². The third kappa shape index (κ3) is 3.29. The van der Waals surface area contributed by atoms with Crippen LogP contribution < -0.4 is 4.74 Å². The Labute approximate surface area is 125 Å². The fourth-order valence-electron chi connectivity index (χ4n) is 2.44. The second-order valence-corrected chi connectivity index (χ2v) is 5.54. The molecule has 1 amide bonds. The highest BCUT2D eigenvalue weighted by Gasteiger charge is 2.33. The molecule has 1 heterocycles. The highest BCUT2D eigenvalue weighted by Crippen LogP contribution is 2.27. The molecule has 1 aliphatic heterocycles. The molecule has 0 saturated carbocycles. The molecule has 110 valence electrons. The average Bonchev–Trinajstić information content (AvgIpc) is 2.79. The van der Waals surface area contributed by atoms with E-state index in [2.05, 4.69) is 27.6 Å². The third-order valence-corrected chi connectivity index (χ3v) is 4.29. The maximum atomic E-state index is 12.4. The fraction of sp³-hybridized carbons (Fsp3) is 0.500. The molecular weight excluding hydrogens is 332 g/mol. The van der Waals surface area contributed by atoms with Crippen LogP contribution in [0.5, 0.6) is 5.75 Å². The number of hydrogen-bond donors (Lipinski definition) is 0. The van der Waals surface area contributed by atoms with Crippen molar-refractivity contribution >= 4 is 21.8 Å². The van der Waals surface area contributed by atoms with Gasteiger partial charge in [0.05, 0.1) is 0 Å². The smallest absolute Gasteiger partial charge is 0.387 e. The minimum absolute atomic E-state index is 0.0587. The van der Waals surface area contributed by atoms with Crippen LogP contribution in [0.2, 0.25) is 0 Å². The molecule has 0 radical (unpaired) electrons. The Kier molecular flexibility index (Phi) is 4.96. The summed E-state index contributed by atoms with van der Waals surface area (Å²) in [4.78, 5) is 14.2. The van der Waals surface area contributed by atoms with E-state index in [4.69, 9.17) is 0 Å². The normalized spacial score (nSPS) is 22.4. The Balaban J connectivity index is 2.09. The molecule has 0 aliphatic carbocycles. The molecule has 0 bridgehead atoms. The lowest BCUT2D eigenvalue weighted by Crippen LogP contribution is -2.38. The molecule has 1 aliphatic rings. The molecule has 2 rings (SSSR count). The lowest BCUT2D eigenvalue weighted by atomic mass is 10.0. The second kappa shape index (κ2) is 6.52. The number of amides is 1. The molecule has 0 aromatic heterocycles. The van der Waals surface area contributed by atoms with Crippen LogP contribution in [0.1, 0.15) is 23.7 Å². The number of carbonyl (C=O) groups is 1. The average molecular weight is 348 g/mol. The summed E-state index contributed by atoms with van der Waals surface area (Å²) in [7, 11) is 0. The molecule has 0 spiro atoms. The lowest BCUT2D eigenvalue weighted by molar-refractivity contribution is -0.0498. The fourth-order valence-corrected chi connectivity index (χ4v) is 3.43. The van der Waals surface area contributed by atoms with Crippen molar-refractivity contribution < 1.29 is 18.3 Å². The van der Waals surface area contributed by atoms with Crippen LogP contribution in [-0.2, 0) is 0 Å². The van der Waals surface area contributed by atoms with Gasteiger partial charge in [-0.3, -0.25) is 4.79 Å². The number of rotatable bonds is 4. The number of nitrogens with zero attached hydrogens (tertiary/aromatic N) is 1. The van der Waals surface area contributed by atoms with Crippen molar-refractivity contribution in [1.82, 2.24) is 4.90 Å². The predicted molar refractivity (Wildman–Crippen MR) is 75.5 cm³/mol. The molecule has 2 unspecified atom stereocenters. The summed E-state index contributed by atoms with van der Waals surface area (Å²) >= 11 is 3.44. The van der Waals surface area contributed by atoms with E-state index in [1.807, 2.05) is 4.90 Å². The van der Waals surface area contributed by atoms with Crippen LogP contribution in [0.15, 0.2) is 24.3 Å². The number of benzene rings is 1. The van der Waals surface area contributed by atoms with E-state index in [1.165, 1.54) is 24.3 Å². The summed E-state index contributed by atoms with van der Waals surface area (Å²) < 4.78 is 28.4. The van der Waals surface area contributed by atoms with Crippen molar-refractivity contribution in [2.75, 3.05) is 11.9 Å². The van der Waals surface area contributed by atoms with Gasteiger partial charge in [0.25, 0.3) is 5.91 Å². The van der Waals surface area contributed by atoms with Crippen molar-refractivity contribution in [2.24, 2.45) is 5.92 Å². The highest BCUT2D eigenvalue weighted by molar-refractivity contribution is 9.09. The zero-order valence-electron chi connectivity index (χ0n) is 11.1. The maximum Gasteiger partial charge on any atom is 0.387 e. The van der Waals surface area contributed by atoms with Crippen molar-refractivity contribution in [3.63, 3.8) is 0 Å². The predicted octanol–water partition coefficient (Wildman–Crippen LogP) is 3.53. The van der Waals surface area contributed by atoms with Gasteiger partial charge in [-0.05, 0) is 36.6 Å². The lowest BCUT2D eigenvalue weighted by Gasteiger charge is -2.25. The number of halogens is 3. The quantitative estimate of drug-likeness (QED) is 0.779. The van der Waals surface area contributed by atoms with Gasteiger partial charge in [-0.2, -0.15) is 8.78 Å². The zero-order valence-corrected chi connectivity index (χ0v) is 12.6. The summed E-state index contributed by atoms with van der Waals surface area (Å²) in [6, 6.07) is 6.01. The number of likely N-dealkylation sites (tertiary alicyclic amines) is 1. The number of ether oxygens (including phenoxy) is 1. The standard InChI is InChI=1S/C14H16BrF2NO2/c1-9-6-7-18(12(9)8-15)13(19)10-2-4-11(5-3-10)20-14(16)17/h2-5,9,12,14H,6-8H2,1H3. The summed E-state index contributed by atoms with van der Waals surface area (Å²) in [5.41, 5.74) is 0.492. The molecule has 6 heteroatoms. The van der Waals surface area contributed by atoms with Crippen LogP contribution >= 0.6 is 15.9 Å². The summed E-state index contributed by atoms with van der Waals surface area (Å²) in [6.07, 6.45) is 0.981. The van der Waals surface area contributed by atoms with Gasteiger partial charge < -0.3 is 9.64 Å². The van der Waals surface area contributed by atoms with E-state index in [0.717, 1.165) is 18.3 Å². The monoisotopic (exact) mass is 347 g/mol. The van der Waals surface area contributed by atoms with Crippen molar-refractivity contribution in [1.29, 1.82) is 0 Å². The van der Waals surface area contributed by atoms with E-state index in [0.29, 0.717) is 11.5 Å². The van der Waals surface area contributed by atoms with E-state index < -0.39 is 6.61 Å². The second-order valence-electron chi connectivity index (χ2n) is 4.89. The van der Waals surface area contributed by atoms with Gasteiger partial charge in [0.2, 0.25) is 0 Å². The van der Waals surface area contributed by atoms with Gasteiger partial charge in [0.15, 0.2) is 0 Å². The Morgan fingerprint density at radius 2 is 2.10 bits per heavy atom. The van der Waals surface area contributed by atoms with Crippen molar-refractivity contribution in [3.05, 3.63) is 29.8 Å². The van der Waals surface area contributed by atoms with Crippen molar-refractivity contribution in [3.8, 4) is 5.75 Å². The Morgan fingerprint density at radius 1 is 1.45 bits per heavy atom. The van der Waals surface area contributed by atoms with Crippen LogP contribution in [0.4, 0.5) is 8.78 Å². The topological polar surface area (TPSA) is 29.5 Å². The Morgan fingerprint density at radius 3 is 2.65 bits per heavy atom. The molecule has 3 nitrogen and oxygen atoms in total. The largest absolute Gasteiger partial charge is 0.435 e. The Hall–Kier alpha value is -1.17. The van der Waals surface area contributed by atoms with E-state index in [9.17, 15) is 13.6 Å². The first-order chi connectivity index (χ1) is 9.52. The van der Waals surface area contributed by atoms with E-state index in [-0.39, 0.29) is 17.7 Å².